The van der Waals surface area contributed by atoms with Gasteiger partial charge in [-0.05, 0) is 31.4 Å². The zero-order chi connectivity index (χ0) is 9.64. The lowest BCUT2D eigenvalue weighted by molar-refractivity contribution is 0.607. The second-order valence-electron chi connectivity index (χ2n) is 3.92. The fourth-order valence-electron chi connectivity index (χ4n) is 1.52. The third-order valence-electron chi connectivity index (χ3n) is 2.55. The smallest absolute Gasteiger partial charge is 0.0159 e. The van der Waals surface area contributed by atoms with Gasteiger partial charge in [-0.25, -0.2) is 0 Å². The number of aromatic nitrogens is 1. The molecule has 0 aliphatic heterocycles. The number of rotatable bonds is 7. The SMILES string of the molecule is c1c[nH]c(CCNCCNC2CC2)c1. The lowest BCUT2D eigenvalue weighted by Crippen LogP contribution is -2.29. The zero-order valence-electron chi connectivity index (χ0n) is 8.55. The van der Waals surface area contributed by atoms with Crippen LogP contribution in [0.3, 0.4) is 0 Å². The lowest BCUT2D eigenvalue weighted by atomic mass is 10.3. The van der Waals surface area contributed by atoms with Gasteiger partial charge in [-0.15, -0.1) is 0 Å². The van der Waals surface area contributed by atoms with E-state index in [1.807, 2.05) is 12.3 Å². The summed E-state index contributed by atoms with van der Waals surface area (Å²) in [7, 11) is 0. The molecule has 3 nitrogen and oxygen atoms in total. The Morgan fingerprint density at radius 2 is 2.21 bits per heavy atom. The van der Waals surface area contributed by atoms with E-state index in [1.165, 1.54) is 18.5 Å². The van der Waals surface area contributed by atoms with Crippen molar-refractivity contribution in [2.75, 3.05) is 19.6 Å². The predicted molar refractivity (Wildman–Crippen MR) is 58.4 cm³/mol. The Morgan fingerprint density at radius 3 is 2.93 bits per heavy atom. The molecular formula is C11H19N3. The molecular weight excluding hydrogens is 174 g/mol. The number of aromatic amines is 1. The Balaban J connectivity index is 1.43. The zero-order valence-corrected chi connectivity index (χ0v) is 8.55. The molecule has 0 unspecified atom stereocenters. The van der Waals surface area contributed by atoms with Crippen molar-refractivity contribution in [1.82, 2.24) is 15.6 Å². The number of nitrogens with one attached hydrogen (secondary N) is 3. The number of H-pyrrole nitrogens is 1. The molecule has 0 aromatic carbocycles. The molecule has 1 aliphatic carbocycles. The van der Waals surface area contributed by atoms with Gasteiger partial charge in [0, 0.05) is 37.6 Å². The second-order valence-corrected chi connectivity index (χ2v) is 3.92. The second kappa shape index (κ2) is 5.17. The third-order valence-corrected chi connectivity index (χ3v) is 2.55. The largest absolute Gasteiger partial charge is 0.365 e. The molecule has 0 saturated heterocycles. The average molecular weight is 193 g/mol. The molecule has 1 aromatic heterocycles. The van der Waals surface area contributed by atoms with E-state index in [0.29, 0.717) is 0 Å². The van der Waals surface area contributed by atoms with E-state index in [4.69, 9.17) is 0 Å². The molecule has 0 atom stereocenters. The number of hydrogen-bond donors (Lipinski definition) is 3. The van der Waals surface area contributed by atoms with Crippen LogP contribution in [0.5, 0.6) is 0 Å². The van der Waals surface area contributed by atoms with Crippen LogP contribution in [0.25, 0.3) is 0 Å². The van der Waals surface area contributed by atoms with Gasteiger partial charge in [0.2, 0.25) is 0 Å². The summed E-state index contributed by atoms with van der Waals surface area (Å²) >= 11 is 0. The standard InChI is InChI=1S/C11H19N3/c1-2-10(13-6-1)5-7-12-8-9-14-11-3-4-11/h1-2,6,11-14H,3-5,7-9H2. The monoisotopic (exact) mass is 193 g/mol. The van der Waals surface area contributed by atoms with Crippen LogP contribution >= 0.6 is 0 Å². The van der Waals surface area contributed by atoms with Crippen LogP contribution in [0.2, 0.25) is 0 Å². The topological polar surface area (TPSA) is 39.9 Å². The highest BCUT2D eigenvalue weighted by Crippen LogP contribution is 2.17. The van der Waals surface area contributed by atoms with Gasteiger partial charge >= 0.3 is 0 Å². The summed E-state index contributed by atoms with van der Waals surface area (Å²) in [5.41, 5.74) is 1.31. The van der Waals surface area contributed by atoms with Crippen molar-refractivity contribution in [1.29, 1.82) is 0 Å². The van der Waals surface area contributed by atoms with Crippen LogP contribution in [0, 0.1) is 0 Å². The molecule has 1 fully saturated rings. The van der Waals surface area contributed by atoms with Gasteiger partial charge < -0.3 is 15.6 Å². The molecule has 0 amide bonds. The van der Waals surface area contributed by atoms with Gasteiger partial charge in [0.25, 0.3) is 0 Å². The summed E-state index contributed by atoms with van der Waals surface area (Å²) in [6, 6.07) is 5.01. The van der Waals surface area contributed by atoms with Crippen LogP contribution in [-0.2, 0) is 6.42 Å². The van der Waals surface area contributed by atoms with E-state index >= 15 is 0 Å². The van der Waals surface area contributed by atoms with Crippen molar-refractivity contribution < 1.29 is 0 Å². The first kappa shape index (κ1) is 9.74. The fourth-order valence-corrected chi connectivity index (χ4v) is 1.52. The highest BCUT2D eigenvalue weighted by atomic mass is 15.0. The molecule has 1 aliphatic rings. The normalized spacial score (nSPS) is 16.0. The maximum Gasteiger partial charge on any atom is 0.0159 e. The van der Waals surface area contributed by atoms with Crippen molar-refractivity contribution >= 4 is 0 Å². The summed E-state index contributed by atoms with van der Waals surface area (Å²) in [4.78, 5) is 3.20. The summed E-state index contributed by atoms with van der Waals surface area (Å²) in [6.07, 6.45) is 5.82. The molecule has 14 heavy (non-hydrogen) atoms. The van der Waals surface area contributed by atoms with E-state index in [-0.39, 0.29) is 0 Å². The highest BCUT2D eigenvalue weighted by Gasteiger charge is 2.19. The van der Waals surface area contributed by atoms with Crippen molar-refractivity contribution in [3.8, 4) is 0 Å². The van der Waals surface area contributed by atoms with Crippen molar-refractivity contribution in [2.45, 2.75) is 25.3 Å². The Hall–Kier alpha value is -0.800. The van der Waals surface area contributed by atoms with E-state index in [2.05, 4.69) is 21.7 Å². The molecule has 0 bridgehead atoms. The van der Waals surface area contributed by atoms with Crippen LogP contribution in [0.4, 0.5) is 0 Å². The molecule has 1 aromatic rings. The molecule has 3 heteroatoms. The molecule has 1 saturated carbocycles. The van der Waals surface area contributed by atoms with E-state index < -0.39 is 0 Å². The fraction of sp³-hybridized carbons (Fsp3) is 0.636. The van der Waals surface area contributed by atoms with E-state index in [9.17, 15) is 0 Å². The van der Waals surface area contributed by atoms with Gasteiger partial charge in [-0.3, -0.25) is 0 Å². The average Bonchev–Trinajstić information content (AvgIpc) is 2.87. The third kappa shape index (κ3) is 3.52. The Labute approximate surface area is 85.3 Å². The predicted octanol–water partition coefficient (Wildman–Crippen LogP) is 0.899. The quantitative estimate of drug-likeness (QED) is 0.563. The first-order valence-corrected chi connectivity index (χ1v) is 5.51. The molecule has 0 radical (unpaired) electrons. The van der Waals surface area contributed by atoms with Crippen LogP contribution in [0.15, 0.2) is 18.3 Å². The minimum atomic E-state index is 0.834. The summed E-state index contributed by atoms with van der Waals surface area (Å²) in [5, 5.41) is 6.90. The Kier molecular flexibility index (Phi) is 3.60. The van der Waals surface area contributed by atoms with E-state index in [1.54, 1.807) is 0 Å². The van der Waals surface area contributed by atoms with Crippen molar-refractivity contribution in [3.05, 3.63) is 24.0 Å². The maximum absolute atomic E-state index is 3.48. The minimum Gasteiger partial charge on any atom is -0.365 e. The van der Waals surface area contributed by atoms with Gasteiger partial charge in [0.1, 0.15) is 0 Å². The molecule has 78 valence electrons. The highest BCUT2D eigenvalue weighted by molar-refractivity contribution is 5.03. The van der Waals surface area contributed by atoms with E-state index in [0.717, 1.165) is 32.1 Å². The first-order chi connectivity index (χ1) is 6.95. The van der Waals surface area contributed by atoms with Crippen LogP contribution in [0.1, 0.15) is 18.5 Å². The summed E-state index contributed by atoms with van der Waals surface area (Å²) in [6.45, 7) is 3.25. The minimum absolute atomic E-state index is 0.834. The number of hydrogen-bond acceptors (Lipinski definition) is 2. The van der Waals surface area contributed by atoms with Crippen molar-refractivity contribution in [2.24, 2.45) is 0 Å². The van der Waals surface area contributed by atoms with Gasteiger partial charge in [0.05, 0.1) is 0 Å². The lowest BCUT2D eigenvalue weighted by Gasteiger charge is -2.04. The summed E-state index contributed by atoms with van der Waals surface area (Å²) < 4.78 is 0. The molecule has 2 rings (SSSR count). The van der Waals surface area contributed by atoms with Crippen molar-refractivity contribution in [3.63, 3.8) is 0 Å². The van der Waals surface area contributed by atoms with Gasteiger partial charge in [0.15, 0.2) is 0 Å². The van der Waals surface area contributed by atoms with Gasteiger partial charge in [-0.1, -0.05) is 0 Å². The first-order valence-electron chi connectivity index (χ1n) is 5.51. The molecule has 1 heterocycles. The maximum atomic E-state index is 3.48. The van der Waals surface area contributed by atoms with Crippen LogP contribution < -0.4 is 10.6 Å². The van der Waals surface area contributed by atoms with Gasteiger partial charge in [-0.2, -0.15) is 0 Å². The van der Waals surface area contributed by atoms with Crippen LogP contribution in [-0.4, -0.2) is 30.7 Å². The Bertz CT molecular complexity index is 239. The Morgan fingerprint density at radius 1 is 1.29 bits per heavy atom. The molecule has 3 N–H and O–H groups in total. The molecule has 0 spiro atoms. The summed E-state index contributed by atoms with van der Waals surface area (Å²) in [5.74, 6) is 0.